The zero-order valence-corrected chi connectivity index (χ0v) is 8.55. The summed E-state index contributed by atoms with van der Waals surface area (Å²) < 4.78 is 5.49. The van der Waals surface area contributed by atoms with E-state index in [-0.39, 0.29) is 0 Å². The van der Waals surface area contributed by atoms with E-state index in [2.05, 4.69) is 4.98 Å². The predicted octanol–water partition coefficient (Wildman–Crippen LogP) is 1.99. The maximum absolute atomic E-state index is 9.15. The van der Waals surface area contributed by atoms with Crippen molar-refractivity contribution in [2.45, 2.75) is 13.0 Å². The molecule has 1 N–H and O–H groups in total. The highest BCUT2D eigenvalue weighted by atomic mass is 16.5. The van der Waals surface area contributed by atoms with E-state index in [4.69, 9.17) is 9.84 Å². The molecule has 0 fully saturated rings. The van der Waals surface area contributed by atoms with Gasteiger partial charge in [-0.25, -0.2) is 0 Å². The molecule has 2 aromatic rings. The van der Waals surface area contributed by atoms with Crippen LogP contribution in [0.25, 0.3) is 10.9 Å². The fourth-order valence-electron chi connectivity index (χ4n) is 1.41. The maximum atomic E-state index is 9.15. The lowest BCUT2D eigenvalue weighted by Gasteiger charge is -2.09. The largest absolute Gasteiger partial charge is 0.490 e. The summed E-state index contributed by atoms with van der Waals surface area (Å²) in [5.74, 6) is 0.765. The molecule has 78 valence electrons. The van der Waals surface area contributed by atoms with Crippen molar-refractivity contribution in [1.29, 1.82) is 0 Å². The molecule has 15 heavy (non-hydrogen) atoms. The van der Waals surface area contributed by atoms with Gasteiger partial charge >= 0.3 is 0 Å². The van der Waals surface area contributed by atoms with Crippen molar-refractivity contribution in [3.8, 4) is 5.75 Å². The average Bonchev–Trinajstić information content (AvgIpc) is 2.26. The van der Waals surface area contributed by atoms with Gasteiger partial charge in [-0.1, -0.05) is 6.07 Å². The zero-order valence-electron chi connectivity index (χ0n) is 8.55. The minimum atomic E-state index is -0.461. The van der Waals surface area contributed by atoms with Gasteiger partial charge in [0.2, 0.25) is 0 Å². The van der Waals surface area contributed by atoms with Gasteiger partial charge in [-0.15, -0.1) is 0 Å². The monoisotopic (exact) mass is 203 g/mol. The number of rotatable bonds is 3. The first-order chi connectivity index (χ1) is 7.27. The Balaban J connectivity index is 2.34. The fourth-order valence-corrected chi connectivity index (χ4v) is 1.41. The zero-order chi connectivity index (χ0) is 10.7. The molecule has 0 amide bonds. The number of aliphatic hydroxyl groups is 1. The quantitative estimate of drug-likeness (QED) is 0.829. The van der Waals surface area contributed by atoms with Gasteiger partial charge in [0.25, 0.3) is 0 Å². The first kappa shape index (κ1) is 9.93. The molecule has 1 aromatic carbocycles. The van der Waals surface area contributed by atoms with E-state index >= 15 is 0 Å². The first-order valence-corrected chi connectivity index (χ1v) is 4.92. The third-order valence-electron chi connectivity index (χ3n) is 2.09. The van der Waals surface area contributed by atoms with Crippen LogP contribution in [0.1, 0.15) is 6.92 Å². The van der Waals surface area contributed by atoms with Crippen molar-refractivity contribution >= 4 is 10.9 Å². The highest BCUT2D eigenvalue weighted by Crippen LogP contribution is 2.23. The summed E-state index contributed by atoms with van der Waals surface area (Å²) >= 11 is 0. The molecule has 0 aliphatic rings. The molecule has 0 aliphatic heterocycles. The number of hydrogen-bond acceptors (Lipinski definition) is 3. The van der Waals surface area contributed by atoms with Crippen LogP contribution in [0.3, 0.4) is 0 Å². The molecule has 0 saturated carbocycles. The Morgan fingerprint density at radius 3 is 3.00 bits per heavy atom. The van der Waals surface area contributed by atoms with Gasteiger partial charge in [-0.2, -0.15) is 0 Å². The predicted molar refractivity (Wildman–Crippen MR) is 58.9 cm³/mol. The molecule has 0 bridgehead atoms. The molecule has 3 nitrogen and oxygen atoms in total. The molecule has 0 radical (unpaired) electrons. The van der Waals surface area contributed by atoms with Crippen molar-refractivity contribution in [2.75, 3.05) is 6.61 Å². The summed E-state index contributed by atoms with van der Waals surface area (Å²) in [6.07, 6.45) is 1.29. The second-order valence-electron chi connectivity index (χ2n) is 3.49. The smallest absolute Gasteiger partial charge is 0.128 e. The Bertz CT molecular complexity index is 449. The lowest BCUT2D eigenvalue weighted by atomic mass is 10.2. The molecule has 3 heteroatoms. The number of nitrogens with zero attached hydrogens (tertiary/aromatic N) is 1. The first-order valence-electron chi connectivity index (χ1n) is 4.92. The number of aliphatic hydroxyl groups excluding tert-OH is 1. The molecule has 2 rings (SSSR count). The number of hydrogen-bond donors (Lipinski definition) is 1. The van der Waals surface area contributed by atoms with Crippen LogP contribution in [0.15, 0.2) is 36.5 Å². The number of benzene rings is 1. The van der Waals surface area contributed by atoms with Crippen molar-refractivity contribution in [2.24, 2.45) is 0 Å². The van der Waals surface area contributed by atoms with E-state index < -0.39 is 6.10 Å². The van der Waals surface area contributed by atoms with Gasteiger partial charge in [-0.05, 0) is 31.2 Å². The van der Waals surface area contributed by atoms with Crippen LogP contribution in [0.4, 0.5) is 0 Å². The van der Waals surface area contributed by atoms with Gasteiger partial charge in [0.05, 0.1) is 11.6 Å². The van der Waals surface area contributed by atoms with Gasteiger partial charge in [0, 0.05) is 11.6 Å². The summed E-state index contributed by atoms with van der Waals surface area (Å²) in [5, 5.41) is 10.1. The second-order valence-corrected chi connectivity index (χ2v) is 3.49. The third kappa shape index (κ3) is 2.25. The number of ether oxygens (including phenoxy) is 1. The van der Waals surface area contributed by atoms with E-state index in [1.165, 1.54) is 0 Å². The van der Waals surface area contributed by atoms with Crippen LogP contribution in [0.2, 0.25) is 0 Å². The number of pyridine rings is 1. The van der Waals surface area contributed by atoms with Gasteiger partial charge in [0.1, 0.15) is 12.4 Å². The number of aromatic nitrogens is 1. The van der Waals surface area contributed by atoms with Crippen molar-refractivity contribution in [3.63, 3.8) is 0 Å². The van der Waals surface area contributed by atoms with E-state index in [1.807, 2.05) is 30.3 Å². The summed E-state index contributed by atoms with van der Waals surface area (Å²) in [5.41, 5.74) is 0.903. The Morgan fingerprint density at radius 1 is 1.33 bits per heavy atom. The van der Waals surface area contributed by atoms with Gasteiger partial charge in [-0.3, -0.25) is 4.98 Å². The SMILES string of the molecule is C[C@@H](O)COc1cccc2ncccc12. The summed E-state index contributed by atoms with van der Waals surface area (Å²) in [6, 6.07) is 9.54. The molecule has 1 heterocycles. The van der Waals surface area contributed by atoms with Crippen molar-refractivity contribution in [3.05, 3.63) is 36.5 Å². The van der Waals surface area contributed by atoms with Crippen LogP contribution >= 0.6 is 0 Å². The summed E-state index contributed by atoms with van der Waals surface area (Å²) in [4.78, 5) is 4.23. The Labute approximate surface area is 88.3 Å². The summed E-state index contributed by atoms with van der Waals surface area (Å²) in [6.45, 7) is 2.00. The van der Waals surface area contributed by atoms with E-state index in [9.17, 15) is 0 Å². The van der Waals surface area contributed by atoms with Crippen LogP contribution < -0.4 is 4.74 Å². The van der Waals surface area contributed by atoms with Crippen molar-refractivity contribution in [1.82, 2.24) is 4.98 Å². The molecule has 0 saturated heterocycles. The van der Waals surface area contributed by atoms with Gasteiger partial charge in [0.15, 0.2) is 0 Å². The van der Waals surface area contributed by atoms with E-state index in [0.717, 1.165) is 16.7 Å². The molecular formula is C12H13NO2. The lowest BCUT2D eigenvalue weighted by molar-refractivity contribution is 0.123. The van der Waals surface area contributed by atoms with Gasteiger partial charge < -0.3 is 9.84 Å². The molecule has 1 atom stereocenters. The van der Waals surface area contributed by atoms with Crippen LogP contribution in [-0.2, 0) is 0 Å². The van der Waals surface area contributed by atoms with Crippen LogP contribution in [-0.4, -0.2) is 22.8 Å². The highest BCUT2D eigenvalue weighted by molar-refractivity contribution is 5.84. The molecule has 0 unspecified atom stereocenters. The highest BCUT2D eigenvalue weighted by Gasteiger charge is 2.03. The van der Waals surface area contributed by atoms with E-state index in [0.29, 0.717) is 6.61 Å². The van der Waals surface area contributed by atoms with E-state index in [1.54, 1.807) is 13.1 Å². The molecule has 0 aliphatic carbocycles. The van der Waals surface area contributed by atoms with Crippen molar-refractivity contribution < 1.29 is 9.84 Å². The second kappa shape index (κ2) is 4.28. The average molecular weight is 203 g/mol. The van der Waals surface area contributed by atoms with Crippen LogP contribution in [0, 0.1) is 0 Å². The topological polar surface area (TPSA) is 42.4 Å². The molecule has 0 spiro atoms. The Kier molecular flexibility index (Phi) is 2.83. The molecular weight excluding hydrogens is 190 g/mol. The summed E-state index contributed by atoms with van der Waals surface area (Å²) in [7, 11) is 0. The third-order valence-corrected chi connectivity index (χ3v) is 2.09. The minimum absolute atomic E-state index is 0.300. The normalized spacial score (nSPS) is 12.7. The Hall–Kier alpha value is -1.61. The maximum Gasteiger partial charge on any atom is 0.128 e. The minimum Gasteiger partial charge on any atom is -0.490 e. The number of fused-ring (bicyclic) bond motifs is 1. The lowest BCUT2D eigenvalue weighted by Crippen LogP contribution is -2.12. The fraction of sp³-hybridized carbons (Fsp3) is 0.250. The molecule has 1 aromatic heterocycles. The van der Waals surface area contributed by atoms with Crippen LogP contribution in [0.5, 0.6) is 5.75 Å². The Morgan fingerprint density at radius 2 is 2.20 bits per heavy atom. The standard InChI is InChI=1S/C12H13NO2/c1-9(14)8-15-12-6-2-5-11-10(12)4-3-7-13-11/h2-7,9,14H,8H2,1H3/t9-/m1/s1.